The van der Waals surface area contributed by atoms with E-state index in [2.05, 4.69) is 21.8 Å². The summed E-state index contributed by atoms with van der Waals surface area (Å²) >= 11 is 1.57. The number of anilines is 1. The van der Waals surface area contributed by atoms with E-state index in [9.17, 15) is 10.1 Å². The number of aryl methyl sites for hydroxylation is 3. The minimum Gasteiger partial charge on any atom is -0.456 e. The highest BCUT2D eigenvalue weighted by Crippen LogP contribution is 2.36. The second-order valence-electron chi connectivity index (χ2n) is 8.50. The number of hydrogen-bond acceptors (Lipinski definition) is 5. The fourth-order valence-corrected chi connectivity index (χ4v) is 4.82. The average molecular weight is 473 g/mol. The number of carbonyl (C=O) groups excluding carboxylic acids is 1. The predicted octanol–water partition coefficient (Wildman–Crippen LogP) is 6.13. The molecule has 1 aliphatic rings. The standard InChI is InChI=1S/C27H28N4O2S/c1-19-4-7-23(8-5-19)29-27(32)30-10-12-31(13-11-30)34-26-17-22(18-28)6-9-25(26)33-24-15-20(2)14-21(3)16-24/h4-9,14-17H,10-13H2,1-3H3,(H,29,32). The highest BCUT2D eigenvalue weighted by molar-refractivity contribution is 7.97. The Morgan fingerprint density at radius 3 is 2.24 bits per heavy atom. The summed E-state index contributed by atoms with van der Waals surface area (Å²) in [6, 6.07) is 21.5. The maximum absolute atomic E-state index is 12.6. The lowest BCUT2D eigenvalue weighted by atomic mass is 10.1. The van der Waals surface area contributed by atoms with E-state index in [0.29, 0.717) is 37.5 Å². The van der Waals surface area contributed by atoms with Crippen molar-refractivity contribution >= 4 is 23.7 Å². The van der Waals surface area contributed by atoms with Gasteiger partial charge in [0.15, 0.2) is 0 Å². The molecular formula is C27H28N4O2S. The van der Waals surface area contributed by atoms with Crippen LogP contribution in [-0.2, 0) is 0 Å². The van der Waals surface area contributed by atoms with Gasteiger partial charge in [-0.15, -0.1) is 0 Å². The highest BCUT2D eigenvalue weighted by atomic mass is 32.2. The van der Waals surface area contributed by atoms with Crippen LogP contribution in [0.4, 0.5) is 10.5 Å². The summed E-state index contributed by atoms with van der Waals surface area (Å²) in [6.45, 7) is 8.78. The first-order valence-corrected chi connectivity index (χ1v) is 12.0. The lowest BCUT2D eigenvalue weighted by molar-refractivity contribution is 0.188. The number of benzene rings is 3. The van der Waals surface area contributed by atoms with Gasteiger partial charge < -0.3 is 15.0 Å². The van der Waals surface area contributed by atoms with Crippen LogP contribution >= 0.6 is 11.9 Å². The molecule has 0 unspecified atom stereocenters. The minimum atomic E-state index is -0.0844. The van der Waals surface area contributed by atoms with Crippen LogP contribution in [0.3, 0.4) is 0 Å². The Bertz CT molecular complexity index is 1190. The van der Waals surface area contributed by atoms with Crippen LogP contribution in [0.15, 0.2) is 65.6 Å². The third-order valence-electron chi connectivity index (χ3n) is 5.55. The highest BCUT2D eigenvalue weighted by Gasteiger charge is 2.23. The van der Waals surface area contributed by atoms with Gasteiger partial charge >= 0.3 is 6.03 Å². The Balaban J connectivity index is 1.40. The SMILES string of the molecule is Cc1ccc(NC(=O)N2CCN(Sc3cc(C#N)ccc3Oc3cc(C)cc(C)c3)CC2)cc1. The molecule has 0 radical (unpaired) electrons. The van der Waals surface area contributed by atoms with Crippen molar-refractivity contribution in [1.82, 2.24) is 9.21 Å². The number of nitrogens with one attached hydrogen (secondary N) is 1. The quantitative estimate of drug-likeness (QED) is 0.452. The van der Waals surface area contributed by atoms with E-state index in [1.54, 1.807) is 18.0 Å². The van der Waals surface area contributed by atoms with Gasteiger partial charge in [0, 0.05) is 31.9 Å². The van der Waals surface area contributed by atoms with Crippen molar-refractivity contribution in [2.45, 2.75) is 25.7 Å². The number of hydrogen-bond donors (Lipinski definition) is 1. The Hall–Kier alpha value is -3.47. The van der Waals surface area contributed by atoms with Crippen LogP contribution in [0.25, 0.3) is 0 Å². The molecule has 1 N–H and O–H groups in total. The maximum atomic E-state index is 12.6. The van der Waals surface area contributed by atoms with E-state index < -0.39 is 0 Å². The largest absolute Gasteiger partial charge is 0.456 e. The van der Waals surface area contributed by atoms with Crippen LogP contribution in [0.2, 0.25) is 0 Å². The second-order valence-corrected chi connectivity index (χ2v) is 9.64. The molecule has 0 aliphatic carbocycles. The molecule has 7 heteroatoms. The summed E-state index contributed by atoms with van der Waals surface area (Å²) in [5.74, 6) is 1.50. The molecule has 0 atom stereocenters. The zero-order valence-corrected chi connectivity index (χ0v) is 20.5. The Labute approximate surface area is 205 Å². The van der Waals surface area contributed by atoms with E-state index in [1.807, 2.05) is 74.2 Å². The molecule has 1 aliphatic heterocycles. The van der Waals surface area contributed by atoms with Crippen molar-refractivity contribution in [2.75, 3.05) is 31.5 Å². The van der Waals surface area contributed by atoms with E-state index >= 15 is 0 Å². The van der Waals surface area contributed by atoms with Gasteiger partial charge in [-0.1, -0.05) is 23.8 Å². The summed E-state index contributed by atoms with van der Waals surface area (Å²) in [5, 5.41) is 12.4. The number of nitriles is 1. The smallest absolute Gasteiger partial charge is 0.321 e. The molecule has 1 fully saturated rings. The molecule has 4 rings (SSSR count). The third kappa shape index (κ3) is 6.10. The minimum absolute atomic E-state index is 0.0844. The molecular weight excluding hydrogens is 444 g/mol. The van der Waals surface area contributed by atoms with Crippen molar-refractivity contribution in [2.24, 2.45) is 0 Å². The number of amides is 2. The molecule has 1 heterocycles. The van der Waals surface area contributed by atoms with Crippen molar-refractivity contribution < 1.29 is 9.53 Å². The van der Waals surface area contributed by atoms with Gasteiger partial charge in [-0.05, 0) is 86.3 Å². The topological polar surface area (TPSA) is 68.6 Å². The van der Waals surface area contributed by atoms with Gasteiger partial charge in [0.25, 0.3) is 0 Å². The predicted molar refractivity (Wildman–Crippen MR) is 136 cm³/mol. The van der Waals surface area contributed by atoms with Crippen LogP contribution in [0.5, 0.6) is 11.5 Å². The summed E-state index contributed by atoms with van der Waals surface area (Å²) in [6.07, 6.45) is 0. The van der Waals surface area contributed by atoms with Crippen LogP contribution in [-0.4, -0.2) is 41.4 Å². The molecule has 0 spiro atoms. The average Bonchev–Trinajstić information content (AvgIpc) is 2.81. The number of rotatable bonds is 5. The first-order valence-electron chi connectivity index (χ1n) is 11.3. The van der Waals surface area contributed by atoms with E-state index in [0.717, 1.165) is 33.0 Å². The molecule has 34 heavy (non-hydrogen) atoms. The van der Waals surface area contributed by atoms with Gasteiger partial charge in [-0.25, -0.2) is 9.10 Å². The number of nitrogens with zero attached hydrogens (tertiary/aromatic N) is 3. The molecule has 174 valence electrons. The first-order chi connectivity index (χ1) is 16.4. The zero-order chi connectivity index (χ0) is 24.1. The number of piperazine rings is 1. The van der Waals surface area contributed by atoms with Gasteiger partial charge in [0.05, 0.1) is 16.5 Å². The summed E-state index contributed by atoms with van der Waals surface area (Å²) in [5.41, 5.74) is 4.82. The van der Waals surface area contributed by atoms with Crippen molar-refractivity contribution in [3.63, 3.8) is 0 Å². The Kier molecular flexibility index (Phi) is 7.41. The van der Waals surface area contributed by atoms with E-state index in [1.165, 1.54) is 0 Å². The Morgan fingerprint density at radius 2 is 1.59 bits per heavy atom. The third-order valence-corrected chi connectivity index (χ3v) is 6.69. The van der Waals surface area contributed by atoms with Gasteiger partial charge in [-0.3, -0.25) is 0 Å². The molecule has 3 aromatic carbocycles. The van der Waals surface area contributed by atoms with E-state index in [4.69, 9.17) is 4.74 Å². The van der Waals surface area contributed by atoms with Crippen LogP contribution in [0, 0.1) is 32.1 Å². The number of urea groups is 1. The van der Waals surface area contributed by atoms with Gasteiger partial charge in [0.1, 0.15) is 11.5 Å². The lowest BCUT2D eigenvalue weighted by Gasteiger charge is -2.34. The number of carbonyl (C=O) groups is 1. The molecule has 6 nitrogen and oxygen atoms in total. The molecule has 0 saturated carbocycles. The summed E-state index contributed by atoms with van der Waals surface area (Å²) in [4.78, 5) is 15.4. The van der Waals surface area contributed by atoms with Crippen molar-refractivity contribution in [3.8, 4) is 17.6 Å². The lowest BCUT2D eigenvalue weighted by Crippen LogP contribution is -2.47. The first kappa shape index (κ1) is 23.7. The second kappa shape index (κ2) is 10.6. The fraction of sp³-hybridized carbons (Fsp3) is 0.259. The van der Waals surface area contributed by atoms with Crippen LogP contribution in [0.1, 0.15) is 22.3 Å². The summed E-state index contributed by atoms with van der Waals surface area (Å²) < 4.78 is 8.42. The molecule has 0 bridgehead atoms. The summed E-state index contributed by atoms with van der Waals surface area (Å²) in [7, 11) is 0. The number of ether oxygens (including phenoxy) is 1. The normalized spacial score (nSPS) is 13.9. The van der Waals surface area contributed by atoms with Crippen molar-refractivity contribution in [1.29, 1.82) is 5.26 Å². The van der Waals surface area contributed by atoms with Crippen LogP contribution < -0.4 is 10.1 Å². The molecule has 3 aromatic rings. The maximum Gasteiger partial charge on any atom is 0.321 e. The zero-order valence-electron chi connectivity index (χ0n) is 19.7. The monoisotopic (exact) mass is 472 g/mol. The van der Waals surface area contributed by atoms with Gasteiger partial charge in [0.2, 0.25) is 0 Å². The molecule has 0 aromatic heterocycles. The van der Waals surface area contributed by atoms with E-state index in [-0.39, 0.29) is 6.03 Å². The Morgan fingerprint density at radius 1 is 0.912 bits per heavy atom. The fourth-order valence-electron chi connectivity index (χ4n) is 3.81. The van der Waals surface area contributed by atoms with Gasteiger partial charge in [-0.2, -0.15) is 5.26 Å². The van der Waals surface area contributed by atoms with Crippen molar-refractivity contribution in [3.05, 3.63) is 82.9 Å². The molecule has 1 saturated heterocycles. The molecule has 2 amide bonds.